The van der Waals surface area contributed by atoms with Crippen molar-refractivity contribution in [2.45, 2.75) is 50.7 Å². The third-order valence-electron chi connectivity index (χ3n) is 7.23. The fourth-order valence-corrected chi connectivity index (χ4v) is 5.21. The van der Waals surface area contributed by atoms with Gasteiger partial charge >= 0.3 is 18.1 Å². The highest BCUT2D eigenvalue weighted by Crippen LogP contribution is 2.38. The summed E-state index contributed by atoms with van der Waals surface area (Å²) in [5.41, 5.74) is 2.80. The Labute approximate surface area is 223 Å². The molecule has 3 aromatic rings. The maximum atomic E-state index is 13.0. The van der Waals surface area contributed by atoms with E-state index < -0.39 is 30.3 Å². The smallest absolute Gasteiger partial charge is 0.490 e. The summed E-state index contributed by atoms with van der Waals surface area (Å²) in [5.74, 6) is -2.89. The van der Waals surface area contributed by atoms with Crippen molar-refractivity contribution in [3.8, 4) is 11.5 Å². The molecule has 5 rings (SSSR count). The Balaban J connectivity index is 1.29. The van der Waals surface area contributed by atoms with Crippen LogP contribution in [0.4, 0.5) is 13.2 Å². The van der Waals surface area contributed by atoms with E-state index in [9.17, 15) is 22.8 Å². The molecule has 2 unspecified atom stereocenters. The molecule has 2 heterocycles. The summed E-state index contributed by atoms with van der Waals surface area (Å²) in [4.78, 5) is 26.6. The summed E-state index contributed by atoms with van der Waals surface area (Å²) in [5, 5.41) is 5.68. The van der Waals surface area contributed by atoms with Crippen LogP contribution in [0.1, 0.15) is 35.6 Å². The first-order valence-electron chi connectivity index (χ1n) is 12.8. The molecule has 7 nitrogen and oxygen atoms in total. The molecule has 10 heteroatoms. The van der Waals surface area contributed by atoms with Gasteiger partial charge in [0.1, 0.15) is 11.5 Å². The van der Waals surface area contributed by atoms with Crippen LogP contribution in [0.3, 0.4) is 0 Å². The number of carbonyl (C=O) groups excluding carboxylic acids is 2. The number of methoxy groups -OCH3 is 1. The summed E-state index contributed by atoms with van der Waals surface area (Å²) in [6, 6.07) is 16.3. The highest BCUT2D eigenvalue weighted by molar-refractivity contribution is 5.86. The predicted molar refractivity (Wildman–Crippen MR) is 137 cm³/mol. The van der Waals surface area contributed by atoms with Gasteiger partial charge in [0.25, 0.3) is 0 Å². The number of nitrogens with zero attached hydrogens (tertiary/aromatic N) is 1. The monoisotopic (exact) mass is 542 g/mol. The number of esters is 2. The molecule has 2 aliphatic heterocycles. The normalized spacial score (nSPS) is 20.4. The van der Waals surface area contributed by atoms with Gasteiger partial charge in [-0.2, -0.15) is 13.2 Å². The second-order valence-corrected chi connectivity index (χ2v) is 10.0. The van der Waals surface area contributed by atoms with Crippen LogP contribution in [0.2, 0.25) is 0 Å². The highest BCUT2D eigenvalue weighted by Gasteiger charge is 2.48. The van der Waals surface area contributed by atoms with Gasteiger partial charge in [0.15, 0.2) is 0 Å². The number of carbonyl (C=O) groups is 2. The average molecular weight is 543 g/mol. The van der Waals surface area contributed by atoms with Gasteiger partial charge in [0, 0.05) is 18.2 Å². The first-order valence-corrected chi connectivity index (χ1v) is 12.8. The number of hydrogen-bond acceptors (Lipinski definition) is 7. The maximum absolute atomic E-state index is 13.0. The zero-order chi connectivity index (χ0) is 27.7. The largest absolute Gasteiger partial charge is 0.497 e. The third kappa shape index (κ3) is 6.02. The minimum atomic E-state index is -5.24. The molecule has 2 aliphatic rings. The number of halogens is 3. The molecule has 2 atom stereocenters. The number of likely N-dealkylation sites (tertiary alicyclic amines) is 1. The number of nitrogens with one attached hydrogen (secondary N) is 1. The van der Waals surface area contributed by atoms with E-state index in [2.05, 4.69) is 58.3 Å². The molecule has 0 aromatic heterocycles. The Morgan fingerprint density at radius 1 is 1.05 bits per heavy atom. The van der Waals surface area contributed by atoms with Gasteiger partial charge in [-0.1, -0.05) is 35.9 Å². The van der Waals surface area contributed by atoms with Crippen molar-refractivity contribution in [2.24, 2.45) is 0 Å². The molecule has 3 aromatic carbocycles. The fourth-order valence-electron chi connectivity index (χ4n) is 5.21. The zero-order valence-electron chi connectivity index (χ0n) is 21.6. The van der Waals surface area contributed by atoms with Crippen molar-refractivity contribution in [1.82, 2.24) is 10.2 Å². The molecule has 0 aliphatic carbocycles. The summed E-state index contributed by atoms with van der Waals surface area (Å²) in [7, 11) is 1.45. The fraction of sp³-hybridized carbons (Fsp3) is 0.379. The Bertz CT molecular complexity index is 1390. The molecule has 0 radical (unpaired) electrons. The number of rotatable bonds is 6. The lowest BCUT2D eigenvalue weighted by atomic mass is 9.94. The quantitative estimate of drug-likeness (QED) is 0.353. The Morgan fingerprint density at radius 3 is 2.51 bits per heavy atom. The van der Waals surface area contributed by atoms with E-state index in [0.29, 0.717) is 24.2 Å². The number of fused-ring (bicyclic) bond motifs is 2. The SMILES string of the molecule is COc1ccc2c(c1)C(NC1CCN(Cc3ccc4ccc(C)cc4c3)CC1)C(OC(=O)C(F)(F)F)C(=O)O2. The first kappa shape index (κ1) is 27.0. The molecular formula is C29H29F3N2O5. The van der Waals surface area contributed by atoms with Crippen LogP contribution in [0, 0.1) is 6.92 Å². The van der Waals surface area contributed by atoms with Crippen LogP contribution < -0.4 is 14.8 Å². The van der Waals surface area contributed by atoms with Crippen molar-refractivity contribution in [3.63, 3.8) is 0 Å². The molecule has 1 saturated heterocycles. The molecule has 0 spiro atoms. The summed E-state index contributed by atoms with van der Waals surface area (Å²) < 4.78 is 54.1. The highest BCUT2D eigenvalue weighted by atomic mass is 19.4. The Kier molecular flexibility index (Phi) is 7.51. The van der Waals surface area contributed by atoms with Crippen LogP contribution in [-0.2, 0) is 20.9 Å². The van der Waals surface area contributed by atoms with E-state index in [0.717, 1.165) is 19.6 Å². The second kappa shape index (κ2) is 10.9. The minimum absolute atomic E-state index is 0.123. The molecule has 1 fully saturated rings. The molecule has 206 valence electrons. The van der Waals surface area contributed by atoms with E-state index in [1.54, 1.807) is 12.1 Å². The number of piperidine rings is 1. The van der Waals surface area contributed by atoms with Crippen LogP contribution in [0.5, 0.6) is 11.5 Å². The Hall–Kier alpha value is -3.63. The van der Waals surface area contributed by atoms with Crippen molar-refractivity contribution >= 4 is 22.7 Å². The maximum Gasteiger partial charge on any atom is 0.490 e. The van der Waals surface area contributed by atoms with Gasteiger partial charge in [-0.3, -0.25) is 4.90 Å². The third-order valence-corrected chi connectivity index (χ3v) is 7.23. The minimum Gasteiger partial charge on any atom is -0.497 e. The lowest BCUT2D eigenvalue weighted by Crippen LogP contribution is -2.51. The molecule has 0 saturated carbocycles. The van der Waals surface area contributed by atoms with Gasteiger partial charge in [-0.15, -0.1) is 0 Å². The van der Waals surface area contributed by atoms with Gasteiger partial charge in [-0.05, 0) is 73.5 Å². The van der Waals surface area contributed by atoms with Gasteiger partial charge in [0.05, 0.1) is 13.2 Å². The number of aryl methyl sites for hydroxylation is 1. The van der Waals surface area contributed by atoms with E-state index in [1.807, 2.05) is 0 Å². The number of alkyl halides is 3. The van der Waals surface area contributed by atoms with Crippen molar-refractivity contribution in [2.75, 3.05) is 20.2 Å². The molecule has 0 amide bonds. The Morgan fingerprint density at radius 2 is 1.79 bits per heavy atom. The topological polar surface area (TPSA) is 77.1 Å². The molecule has 39 heavy (non-hydrogen) atoms. The van der Waals surface area contributed by atoms with E-state index in [4.69, 9.17) is 9.47 Å². The van der Waals surface area contributed by atoms with Crippen molar-refractivity contribution < 1.29 is 37.0 Å². The zero-order valence-corrected chi connectivity index (χ0v) is 21.6. The number of ether oxygens (including phenoxy) is 3. The van der Waals surface area contributed by atoms with E-state index in [-0.39, 0.29) is 11.8 Å². The van der Waals surface area contributed by atoms with Crippen LogP contribution in [-0.4, -0.2) is 55.4 Å². The van der Waals surface area contributed by atoms with Crippen molar-refractivity contribution in [3.05, 3.63) is 71.3 Å². The standard InChI is InChI=1S/C29H29F3N2O5/c1-17-3-5-19-6-4-18(14-20(19)13-17)16-34-11-9-21(10-12-34)33-25-23-15-22(37-2)7-8-24(23)38-27(35)26(25)39-28(36)29(30,31)32/h3-8,13-15,21,25-26,33H,9-12,16H2,1-2H3. The average Bonchev–Trinajstić information content (AvgIpc) is 2.90. The molecule has 0 bridgehead atoms. The van der Waals surface area contributed by atoms with E-state index >= 15 is 0 Å². The van der Waals surface area contributed by atoms with Gasteiger partial charge < -0.3 is 19.5 Å². The number of hydrogen-bond donors (Lipinski definition) is 1. The first-order chi connectivity index (χ1) is 18.6. The lowest BCUT2D eigenvalue weighted by molar-refractivity contribution is -0.209. The lowest BCUT2D eigenvalue weighted by Gasteiger charge is -2.38. The van der Waals surface area contributed by atoms with E-state index in [1.165, 1.54) is 35.1 Å². The molecular weight excluding hydrogens is 513 g/mol. The molecule has 1 N–H and O–H groups in total. The summed E-state index contributed by atoms with van der Waals surface area (Å²) >= 11 is 0. The summed E-state index contributed by atoms with van der Waals surface area (Å²) in [6.07, 6.45) is -5.65. The predicted octanol–water partition coefficient (Wildman–Crippen LogP) is 4.85. The van der Waals surface area contributed by atoms with Crippen molar-refractivity contribution in [1.29, 1.82) is 0 Å². The number of benzene rings is 3. The van der Waals surface area contributed by atoms with Gasteiger partial charge in [-0.25, -0.2) is 9.59 Å². The van der Waals surface area contributed by atoms with Crippen LogP contribution in [0.25, 0.3) is 10.8 Å². The van der Waals surface area contributed by atoms with Gasteiger partial charge in [0.2, 0.25) is 6.10 Å². The second-order valence-electron chi connectivity index (χ2n) is 10.0. The summed E-state index contributed by atoms with van der Waals surface area (Å²) in [6.45, 7) is 4.34. The van der Waals surface area contributed by atoms with Crippen LogP contribution >= 0.6 is 0 Å². The van der Waals surface area contributed by atoms with Crippen LogP contribution in [0.15, 0.2) is 54.6 Å².